The smallest absolute Gasteiger partial charge is 0.343 e. The second-order valence-electron chi connectivity index (χ2n) is 7.41. The molecule has 8 nitrogen and oxygen atoms in total. The van der Waals surface area contributed by atoms with Gasteiger partial charge in [-0.3, -0.25) is 4.68 Å². The van der Waals surface area contributed by atoms with E-state index in [2.05, 4.69) is 34.7 Å². The van der Waals surface area contributed by atoms with Crippen LogP contribution in [0.2, 0.25) is 0 Å². The minimum Gasteiger partial charge on any atom is -0.493 e. The van der Waals surface area contributed by atoms with Gasteiger partial charge in [-0.1, -0.05) is 24.3 Å². The Morgan fingerprint density at radius 1 is 1.40 bits per heavy atom. The average Bonchev–Trinajstić information content (AvgIpc) is 3.18. The monoisotopic (exact) mass is 408 g/mol. The van der Waals surface area contributed by atoms with Crippen LogP contribution in [0.4, 0.5) is 4.79 Å². The van der Waals surface area contributed by atoms with Gasteiger partial charge in [0.1, 0.15) is 5.75 Å². The lowest BCUT2D eigenvalue weighted by molar-refractivity contribution is 0.199. The number of rotatable bonds is 7. The quantitative estimate of drug-likeness (QED) is 0.523. The molecule has 2 amide bonds. The molecule has 0 fully saturated rings. The van der Waals surface area contributed by atoms with Gasteiger partial charge in [0.2, 0.25) is 0 Å². The zero-order valence-electron chi connectivity index (χ0n) is 17.8. The van der Waals surface area contributed by atoms with Gasteiger partial charge in [-0.15, -0.1) is 0 Å². The van der Waals surface area contributed by atoms with Crippen LogP contribution in [-0.2, 0) is 7.05 Å². The third-order valence-corrected chi connectivity index (χ3v) is 5.32. The molecule has 0 aliphatic heterocycles. The lowest BCUT2D eigenvalue weighted by atomic mass is 9.84. The Morgan fingerprint density at radius 2 is 2.20 bits per heavy atom. The maximum absolute atomic E-state index is 12.2. The van der Waals surface area contributed by atoms with E-state index >= 15 is 0 Å². The van der Waals surface area contributed by atoms with Crippen LogP contribution in [0.1, 0.15) is 18.9 Å². The molecule has 0 saturated heterocycles. The molecular formula is C22H28N6O2. The highest BCUT2D eigenvalue weighted by Gasteiger charge is 2.27. The van der Waals surface area contributed by atoms with Gasteiger partial charge in [0.15, 0.2) is 0 Å². The number of aryl methyl sites for hydroxylation is 2. The number of benzene rings is 1. The summed E-state index contributed by atoms with van der Waals surface area (Å²) in [5.41, 5.74) is 10.8. The van der Waals surface area contributed by atoms with Crippen LogP contribution in [0.3, 0.4) is 0 Å². The molecule has 3 rings (SSSR count). The summed E-state index contributed by atoms with van der Waals surface area (Å²) < 4.78 is 7.96. The van der Waals surface area contributed by atoms with Crippen molar-refractivity contribution in [3.63, 3.8) is 0 Å². The topological polar surface area (TPSA) is 95.6 Å². The highest BCUT2D eigenvalue weighted by atomic mass is 16.5. The molecule has 2 N–H and O–H groups in total. The molecule has 2 aromatic rings. The van der Waals surface area contributed by atoms with E-state index in [-0.39, 0.29) is 11.8 Å². The number of carbonyl (C=O) groups excluding carboxylic acids is 1. The molecule has 1 heterocycles. The fourth-order valence-corrected chi connectivity index (χ4v) is 3.53. The number of ether oxygens (including phenoxy) is 1. The second kappa shape index (κ2) is 9.39. The summed E-state index contributed by atoms with van der Waals surface area (Å²) in [6, 6.07) is 7.58. The molecule has 1 aliphatic rings. The van der Waals surface area contributed by atoms with E-state index < -0.39 is 6.03 Å². The Kier molecular flexibility index (Phi) is 6.66. The van der Waals surface area contributed by atoms with Crippen molar-refractivity contribution in [2.75, 3.05) is 13.7 Å². The number of allylic oxidation sites excluding steroid dienone is 3. The van der Waals surface area contributed by atoms with Gasteiger partial charge in [0.25, 0.3) is 0 Å². The van der Waals surface area contributed by atoms with E-state index in [1.54, 1.807) is 4.68 Å². The fraction of sp³-hybridized carbons (Fsp3) is 0.364. The standard InChI is InChI=1S/C22H28N6O2/c1-5-16-7-6-8-20(24-22(29)28(4)26-23)18(16)14-30-21-10-9-17(13-15(21)2)19-11-12-27(3)25-19/h6-13,16,18,23H,5,14H2,1-4H3,(H,24,29). The van der Waals surface area contributed by atoms with E-state index in [4.69, 9.17) is 10.3 Å². The highest BCUT2D eigenvalue weighted by molar-refractivity contribution is 5.75. The molecule has 0 saturated carbocycles. The van der Waals surface area contributed by atoms with Gasteiger partial charge in [0.05, 0.1) is 12.3 Å². The minimum atomic E-state index is -0.442. The maximum Gasteiger partial charge on any atom is 0.343 e. The highest BCUT2D eigenvalue weighted by Crippen LogP contribution is 2.30. The summed E-state index contributed by atoms with van der Waals surface area (Å²) in [5, 5.41) is 11.4. The SMILES string of the molecule is CCC1C=CC=C(NC(=O)N(C)N=N)C1COc1ccc(-c2ccn(C)n2)cc1C. The average molecular weight is 409 g/mol. The summed E-state index contributed by atoms with van der Waals surface area (Å²) in [7, 11) is 3.34. The van der Waals surface area contributed by atoms with E-state index in [0.717, 1.165) is 39.7 Å². The number of nitrogens with zero attached hydrogens (tertiary/aromatic N) is 4. The summed E-state index contributed by atoms with van der Waals surface area (Å²) in [6.07, 6.45) is 8.81. The van der Waals surface area contributed by atoms with Crippen LogP contribution in [0, 0.1) is 24.3 Å². The van der Waals surface area contributed by atoms with E-state index in [1.165, 1.54) is 7.05 Å². The van der Waals surface area contributed by atoms with Crippen molar-refractivity contribution in [2.45, 2.75) is 20.3 Å². The fourth-order valence-electron chi connectivity index (χ4n) is 3.53. The number of aromatic nitrogens is 2. The zero-order chi connectivity index (χ0) is 21.7. The van der Waals surface area contributed by atoms with Gasteiger partial charge in [-0.2, -0.15) is 15.6 Å². The Morgan fingerprint density at radius 3 is 2.83 bits per heavy atom. The largest absolute Gasteiger partial charge is 0.493 e. The van der Waals surface area contributed by atoms with Gasteiger partial charge >= 0.3 is 6.03 Å². The maximum atomic E-state index is 12.2. The molecule has 2 atom stereocenters. The lowest BCUT2D eigenvalue weighted by Gasteiger charge is -2.30. The normalized spacial score (nSPS) is 17.9. The number of urea groups is 1. The van der Waals surface area contributed by atoms with Crippen LogP contribution in [-0.4, -0.2) is 34.5 Å². The number of amides is 2. The first-order chi connectivity index (χ1) is 14.4. The van der Waals surface area contributed by atoms with Crippen LogP contribution >= 0.6 is 0 Å². The summed E-state index contributed by atoms with van der Waals surface area (Å²) >= 11 is 0. The van der Waals surface area contributed by atoms with Crippen molar-refractivity contribution in [2.24, 2.45) is 24.1 Å². The predicted molar refractivity (Wildman–Crippen MR) is 115 cm³/mol. The summed E-state index contributed by atoms with van der Waals surface area (Å²) in [4.78, 5) is 12.2. The second-order valence-corrected chi connectivity index (χ2v) is 7.41. The first kappa shape index (κ1) is 21.3. The molecule has 2 unspecified atom stereocenters. The molecule has 1 aromatic heterocycles. The Hall–Kier alpha value is -3.42. The summed E-state index contributed by atoms with van der Waals surface area (Å²) in [6.45, 7) is 4.56. The zero-order valence-corrected chi connectivity index (χ0v) is 17.8. The number of hydrogen-bond acceptors (Lipinski definition) is 5. The minimum absolute atomic E-state index is 0.00190. The van der Waals surface area contributed by atoms with Crippen molar-refractivity contribution < 1.29 is 9.53 Å². The molecule has 8 heteroatoms. The molecule has 0 spiro atoms. The van der Waals surface area contributed by atoms with Gasteiger partial charge in [-0.05, 0) is 55.2 Å². The number of nitrogens with one attached hydrogen (secondary N) is 2. The molecule has 158 valence electrons. The van der Waals surface area contributed by atoms with Gasteiger partial charge in [-0.25, -0.2) is 4.79 Å². The third-order valence-electron chi connectivity index (χ3n) is 5.32. The van der Waals surface area contributed by atoms with E-state index in [9.17, 15) is 4.79 Å². The van der Waals surface area contributed by atoms with Crippen molar-refractivity contribution >= 4 is 6.03 Å². The molecular weight excluding hydrogens is 380 g/mol. The third kappa shape index (κ3) is 4.76. The molecule has 1 aromatic carbocycles. The van der Waals surface area contributed by atoms with E-state index in [0.29, 0.717) is 6.61 Å². The van der Waals surface area contributed by atoms with Crippen LogP contribution < -0.4 is 10.1 Å². The Balaban J connectivity index is 1.73. The van der Waals surface area contributed by atoms with Crippen molar-refractivity contribution in [3.8, 4) is 17.0 Å². The number of carbonyl (C=O) groups is 1. The van der Waals surface area contributed by atoms with Crippen molar-refractivity contribution in [1.29, 1.82) is 5.53 Å². The molecule has 0 bridgehead atoms. The van der Waals surface area contributed by atoms with Crippen LogP contribution in [0.25, 0.3) is 11.3 Å². The first-order valence-corrected chi connectivity index (χ1v) is 9.96. The van der Waals surface area contributed by atoms with Crippen molar-refractivity contribution in [3.05, 3.63) is 60.0 Å². The van der Waals surface area contributed by atoms with Crippen LogP contribution in [0.15, 0.2) is 59.6 Å². The summed E-state index contributed by atoms with van der Waals surface area (Å²) in [5.74, 6) is 1.05. The molecule has 1 aliphatic carbocycles. The van der Waals surface area contributed by atoms with Gasteiger partial charge < -0.3 is 10.1 Å². The van der Waals surface area contributed by atoms with E-state index in [1.807, 2.05) is 50.5 Å². The number of hydrogen-bond donors (Lipinski definition) is 2. The predicted octanol–water partition coefficient (Wildman–Crippen LogP) is 4.46. The molecule has 0 radical (unpaired) electrons. The lowest BCUT2D eigenvalue weighted by Crippen LogP contribution is -2.39. The Labute approximate surface area is 176 Å². The Bertz CT molecular complexity index is 978. The van der Waals surface area contributed by atoms with Gasteiger partial charge in [0, 0.05) is 37.5 Å². The molecule has 30 heavy (non-hydrogen) atoms. The first-order valence-electron chi connectivity index (χ1n) is 9.96. The van der Waals surface area contributed by atoms with Crippen LogP contribution in [0.5, 0.6) is 5.75 Å². The van der Waals surface area contributed by atoms with Crippen molar-refractivity contribution in [1.82, 2.24) is 20.1 Å².